The zero-order chi connectivity index (χ0) is 25.9. The molecule has 0 spiro atoms. The highest BCUT2D eigenvalue weighted by Crippen LogP contribution is 2.34. The zero-order valence-corrected chi connectivity index (χ0v) is 22.9. The fourth-order valence-corrected chi connectivity index (χ4v) is 4.79. The van der Waals surface area contributed by atoms with Gasteiger partial charge in [0.15, 0.2) is 5.78 Å². The van der Waals surface area contributed by atoms with Gasteiger partial charge in [-0.25, -0.2) is 4.98 Å². The molecule has 1 heterocycles. The maximum atomic E-state index is 13.1. The number of Topliss-reactive ketones (excluding diaryl/α,β-unsaturated/α-hetero) is 1. The Morgan fingerprint density at radius 1 is 1.11 bits per heavy atom. The summed E-state index contributed by atoms with van der Waals surface area (Å²) < 4.78 is 7.82. The lowest BCUT2D eigenvalue weighted by Crippen LogP contribution is -2.23. The molecule has 3 rings (SSSR count). The van der Waals surface area contributed by atoms with Crippen molar-refractivity contribution in [3.05, 3.63) is 58.4 Å². The van der Waals surface area contributed by atoms with Crippen LogP contribution in [0.25, 0.3) is 11.0 Å². The SMILES string of the molecule is Cc1ccccc1C(=O)CCc1c(C(=O)N(C)C)cc2c(nc(C)n2COCC[Si](C)(C)C)c1O. The average Bonchev–Trinajstić information content (AvgIpc) is 3.10. The van der Waals surface area contributed by atoms with Gasteiger partial charge in [0, 0.05) is 51.9 Å². The van der Waals surface area contributed by atoms with Crippen LogP contribution >= 0.6 is 0 Å². The van der Waals surface area contributed by atoms with Crippen LogP contribution in [0.5, 0.6) is 5.75 Å². The topological polar surface area (TPSA) is 84.7 Å². The summed E-state index contributed by atoms with van der Waals surface area (Å²) in [6.45, 7) is 11.6. The number of nitrogens with zero attached hydrogens (tertiary/aromatic N) is 3. The van der Waals surface area contributed by atoms with Crippen LogP contribution in [0.15, 0.2) is 30.3 Å². The third-order valence-corrected chi connectivity index (χ3v) is 7.92. The summed E-state index contributed by atoms with van der Waals surface area (Å²) >= 11 is 0. The summed E-state index contributed by atoms with van der Waals surface area (Å²) in [5.41, 5.74) is 3.45. The van der Waals surface area contributed by atoms with Crippen molar-refractivity contribution in [2.24, 2.45) is 0 Å². The Labute approximate surface area is 208 Å². The van der Waals surface area contributed by atoms with Gasteiger partial charge in [-0.3, -0.25) is 9.59 Å². The zero-order valence-electron chi connectivity index (χ0n) is 21.9. The number of aromatic hydroxyl groups is 1. The highest BCUT2D eigenvalue weighted by Gasteiger charge is 2.24. The van der Waals surface area contributed by atoms with E-state index in [1.165, 1.54) is 4.90 Å². The highest BCUT2D eigenvalue weighted by atomic mass is 28.3. The number of phenolic OH excluding ortho intramolecular Hbond substituents is 1. The molecular formula is C27H37N3O4Si. The van der Waals surface area contributed by atoms with Crippen molar-refractivity contribution in [2.75, 3.05) is 20.7 Å². The molecule has 2 aromatic carbocycles. The van der Waals surface area contributed by atoms with Crippen molar-refractivity contribution >= 4 is 30.8 Å². The number of rotatable bonds is 10. The summed E-state index contributed by atoms with van der Waals surface area (Å²) in [5, 5.41) is 11.2. The smallest absolute Gasteiger partial charge is 0.253 e. The molecule has 0 fully saturated rings. The number of carbonyl (C=O) groups excluding carboxylic acids is 2. The Morgan fingerprint density at radius 3 is 2.43 bits per heavy atom. The molecule has 7 nitrogen and oxygen atoms in total. The molecule has 0 unspecified atom stereocenters. The monoisotopic (exact) mass is 495 g/mol. The van der Waals surface area contributed by atoms with Crippen LogP contribution in [0.2, 0.25) is 25.7 Å². The molecular weight excluding hydrogens is 458 g/mol. The quantitative estimate of drug-likeness (QED) is 0.238. The van der Waals surface area contributed by atoms with Crippen molar-refractivity contribution in [1.29, 1.82) is 0 Å². The molecule has 0 radical (unpaired) electrons. The molecule has 0 atom stereocenters. The summed E-state index contributed by atoms with van der Waals surface area (Å²) in [4.78, 5) is 32.0. The number of ketones is 1. The van der Waals surface area contributed by atoms with E-state index in [1.807, 2.05) is 36.6 Å². The Kier molecular flexibility index (Phi) is 8.17. The number of fused-ring (bicyclic) bond motifs is 1. The predicted octanol–water partition coefficient (Wildman–Crippen LogP) is 5.19. The van der Waals surface area contributed by atoms with Gasteiger partial charge < -0.3 is 19.3 Å². The van der Waals surface area contributed by atoms with Gasteiger partial charge in [0.05, 0.1) is 5.52 Å². The Hall–Kier alpha value is -2.97. The van der Waals surface area contributed by atoms with E-state index in [1.54, 1.807) is 26.2 Å². The number of hydrogen-bond acceptors (Lipinski definition) is 5. The second kappa shape index (κ2) is 10.7. The standard InChI is InChI=1S/C27H37N3O4Si/c1-18-10-8-9-11-20(18)24(31)13-12-21-22(27(33)29(3)4)16-23-25(26(21)32)28-19(2)30(23)17-34-14-15-35(5,6)7/h8-11,16,32H,12-15,17H2,1-7H3. The summed E-state index contributed by atoms with van der Waals surface area (Å²) in [6.07, 6.45) is 0.416. The van der Waals surface area contributed by atoms with Crippen LogP contribution < -0.4 is 0 Å². The van der Waals surface area contributed by atoms with Gasteiger partial charge >= 0.3 is 0 Å². The van der Waals surface area contributed by atoms with E-state index in [-0.39, 0.29) is 30.3 Å². The molecule has 0 aliphatic carbocycles. The van der Waals surface area contributed by atoms with Gasteiger partial charge in [-0.05, 0) is 37.9 Å². The molecule has 1 aromatic heterocycles. The molecule has 3 aromatic rings. The predicted molar refractivity (Wildman–Crippen MR) is 142 cm³/mol. The second-order valence-electron chi connectivity index (χ2n) is 10.5. The van der Waals surface area contributed by atoms with E-state index < -0.39 is 8.07 Å². The van der Waals surface area contributed by atoms with Crippen LogP contribution in [-0.2, 0) is 17.9 Å². The Balaban J connectivity index is 1.96. The summed E-state index contributed by atoms with van der Waals surface area (Å²) in [5.74, 6) is 0.392. The number of ether oxygens (including phenoxy) is 1. The molecule has 0 aliphatic rings. The maximum Gasteiger partial charge on any atom is 0.253 e. The van der Waals surface area contributed by atoms with Gasteiger partial charge in [-0.1, -0.05) is 43.9 Å². The number of aromatic nitrogens is 2. The lowest BCUT2D eigenvalue weighted by Gasteiger charge is -2.17. The molecule has 1 N–H and O–H groups in total. The Morgan fingerprint density at radius 2 is 1.80 bits per heavy atom. The van der Waals surface area contributed by atoms with Crippen LogP contribution in [0.1, 0.15) is 44.1 Å². The van der Waals surface area contributed by atoms with Crippen molar-refractivity contribution < 1.29 is 19.4 Å². The first-order chi connectivity index (χ1) is 16.4. The molecule has 0 saturated carbocycles. The first-order valence-electron chi connectivity index (χ1n) is 12.0. The number of hydrogen-bond donors (Lipinski definition) is 1. The van der Waals surface area contributed by atoms with E-state index in [0.29, 0.717) is 46.9 Å². The van der Waals surface area contributed by atoms with E-state index in [9.17, 15) is 14.7 Å². The maximum absolute atomic E-state index is 13.1. The van der Waals surface area contributed by atoms with Crippen molar-refractivity contribution in [1.82, 2.24) is 14.5 Å². The summed E-state index contributed by atoms with van der Waals surface area (Å²) in [6, 6.07) is 10.3. The van der Waals surface area contributed by atoms with Crippen LogP contribution in [-0.4, -0.2) is 60.0 Å². The van der Waals surface area contributed by atoms with Crippen molar-refractivity contribution in [2.45, 2.75) is 59.1 Å². The number of amides is 1. The highest BCUT2D eigenvalue weighted by molar-refractivity contribution is 6.76. The first-order valence-corrected chi connectivity index (χ1v) is 15.7. The van der Waals surface area contributed by atoms with Crippen LogP contribution in [0, 0.1) is 13.8 Å². The van der Waals surface area contributed by atoms with Crippen molar-refractivity contribution in [3.63, 3.8) is 0 Å². The van der Waals surface area contributed by atoms with E-state index in [2.05, 4.69) is 24.6 Å². The van der Waals surface area contributed by atoms with Gasteiger partial charge in [-0.15, -0.1) is 0 Å². The number of imidazole rings is 1. The molecule has 0 saturated heterocycles. The third kappa shape index (κ3) is 6.18. The largest absolute Gasteiger partial charge is 0.505 e. The van der Waals surface area contributed by atoms with Crippen LogP contribution in [0.3, 0.4) is 0 Å². The first kappa shape index (κ1) is 26.6. The minimum atomic E-state index is -1.21. The molecule has 35 heavy (non-hydrogen) atoms. The fraction of sp³-hybridized carbons (Fsp3) is 0.444. The van der Waals surface area contributed by atoms with Gasteiger partial charge in [-0.2, -0.15) is 0 Å². The van der Waals surface area contributed by atoms with E-state index >= 15 is 0 Å². The fourth-order valence-electron chi connectivity index (χ4n) is 4.04. The van der Waals surface area contributed by atoms with Gasteiger partial charge in [0.2, 0.25) is 0 Å². The third-order valence-electron chi connectivity index (χ3n) is 6.21. The molecule has 8 heteroatoms. The average molecular weight is 496 g/mol. The molecule has 188 valence electrons. The van der Waals surface area contributed by atoms with Crippen molar-refractivity contribution in [3.8, 4) is 5.75 Å². The lowest BCUT2D eigenvalue weighted by atomic mass is 9.95. The molecule has 0 aliphatic heterocycles. The minimum absolute atomic E-state index is 0.0247. The number of phenols is 1. The molecule has 0 bridgehead atoms. The van der Waals surface area contributed by atoms with Gasteiger partial charge in [0.25, 0.3) is 5.91 Å². The van der Waals surface area contributed by atoms with Crippen LogP contribution in [0.4, 0.5) is 0 Å². The van der Waals surface area contributed by atoms with E-state index in [4.69, 9.17) is 4.74 Å². The summed E-state index contributed by atoms with van der Waals surface area (Å²) in [7, 11) is 2.14. The number of aryl methyl sites for hydroxylation is 2. The van der Waals surface area contributed by atoms with Gasteiger partial charge in [0.1, 0.15) is 23.8 Å². The normalized spacial score (nSPS) is 11.7. The number of carbonyl (C=O) groups is 2. The minimum Gasteiger partial charge on any atom is -0.505 e. The second-order valence-corrected chi connectivity index (χ2v) is 16.1. The Bertz CT molecular complexity index is 1240. The number of benzene rings is 2. The lowest BCUT2D eigenvalue weighted by molar-refractivity contribution is 0.0823. The van der Waals surface area contributed by atoms with E-state index in [0.717, 1.165) is 11.6 Å². The molecule has 1 amide bonds.